The minimum atomic E-state index is -1.38. The van der Waals surface area contributed by atoms with Gasteiger partial charge in [0, 0.05) is 24.6 Å². The number of carboxylic acids is 1. The number of rotatable bonds is 15. The Morgan fingerprint density at radius 2 is 1.55 bits per heavy atom. The standard InChI is InChI=1S/C23H36N2O6/c1-3-4-5-6-7-8-9-10-12-20(26)25(23(29)30)22-17(2)15-18(24)16-19(22)31-14-11-13-21(27)28/h15-16H,3-14,24H2,1-2H3,(H,27,28)(H,29,30). The number of nitrogens with two attached hydrogens (primary N) is 1. The Bertz CT molecular complexity index is 735. The van der Waals surface area contributed by atoms with Crippen LogP contribution in [0.3, 0.4) is 0 Å². The van der Waals surface area contributed by atoms with Gasteiger partial charge in [-0.3, -0.25) is 9.59 Å². The van der Waals surface area contributed by atoms with Crippen molar-refractivity contribution in [3.63, 3.8) is 0 Å². The number of nitrogen functional groups attached to an aromatic ring is 1. The first-order valence-electron chi connectivity index (χ1n) is 11.1. The quantitative estimate of drug-likeness (QED) is 0.249. The van der Waals surface area contributed by atoms with E-state index >= 15 is 0 Å². The van der Waals surface area contributed by atoms with Crippen molar-refractivity contribution >= 4 is 29.3 Å². The highest BCUT2D eigenvalue weighted by Gasteiger charge is 2.27. The maximum absolute atomic E-state index is 12.7. The van der Waals surface area contributed by atoms with Crippen LogP contribution in [-0.4, -0.2) is 34.8 Å². The second-order valence-electron chi connectivity index (χ2n) is 7.77. The number of imide groups is 1. The molecule has 0 aromatic heterocycles. The van der Waals surface area contributed by atoms with Crippen LogP contribution in [0.15, 0.2) is 12.1 Å². The second kappa shape index (κ2) is 14.3. The van der Waals surface area contributed by atoms with Crippen molar-refractivity contribution in [3.8, 4) is 5.75 Å². The van der Waals surface area contributed by atoms with E-state index in [0.717, 1.165) is 24.2 Å². The zero-order chi connectivity index (χ0) is 23.2. The van der Waals surface area contributed by atoms with Gasteiger partial charge in [0.2, 0.25) is 5.91 Å². The third-order valence-corrected chi connectivity index (χ3v) is 4.99. The molecule has 1 aromatic carbocycles. The number of ether oxygens (including phenoxy) is 1. The summed E-state index contributed by atoms with van der Waals surface area (Å²) in [6.45, 7) is 3.91. The third kappa shape index (κ3) is 9.72. The summed E-state index contributed by atoms with van der Waals surface area (Å²) in [6, 6.07) is 3.04. The van der Waals surface area contributed by atoms with Crippen LogP contribution in [-0.2, 0) is 9.59 Å². The Morgan fingerprint density at radius 3 is 2.13 bits per heavy atom. The van der Waals surface area contributed by atoms with Crippen LogP contribution in [0.1, 0.15) is 83.1 Å². The normalized spacial score (nSPS) is 10.6. The summed E-state index contributed by atoms with van der Waals surface area (Å²) in [4.78, 5) is 36.1. The molecule has 0 spiro atoms. The topological polar surface area (TPSA) is 130 Å². The Labute approximate surface area is 184 Å². The number of nitrogens with zero attached hydrogens (tertiary/aromatic N) is 1. The van der Waals surface area contributed by atoms with E-state index in [1.807, 2.05) is 0 Å². The molecule has 0 aliphatic rings. The first kappa shape index (κ1) is 26.3. The molecule has 1 aromatic rings. The minimum absolute atomic E-state index is 0.0713. The molecule has 0 heterocycles. The van der Waals surface area contributed by atoms with Gasteiger partial charge in [-0.1, -0.05) is 51.9 Å². The molecule has 8 nitrogen and oxygen atoms in total. The van der Waals surface area contributed by atoms with Crippen molar-refractivity contribution in [3.05, 3.63) is 17.7 Å². The predicted molar refractivity (Wildman–Crippen MR) is 121 cm³/mol. The zero-order valence-electron chi connectivity index (χ0n) is 18.7. The smallest absolute Gasteiger partial charge is 0.418 e. The molecule has 0 radical (unpaired) electrons. The number of carbonyl (C=O) groups excluding carboxylic acids is 1. The van der Waals surface area contributed by atoms with Gasteiger partial charge in [-0.25, -0.2) is 9.69 Å². The number of carbonyl (C=O) groups is 3. The molecule has 174 valence electrons. The molecule has 31 heavy (non-hydrogen) atoms. The average Bonchev–Trinajstić information content (AvgIpc) is 2.69. The molecule has 4 N–H and O–H groups in total. The van der Waals surface area contributed by atoms with E-state index in [4.69, 9.17) is 15.6 Å². The number of anilines is 2. The van der Waals surface area contributed by atoms with E-state index < -0.39 is 18.0 Å². The van der Waals surface area contributed by atoms with Crippen molar-refractivity contribution in [1.29, 1.82) is 0 Å². The van der Waals surface area contributed by atoms with E-state index in [0.29, 0.717) is 17.7 Å². The van der Waals surface area contributed by atoms with Gasteiger partial charge in [-0.15, -0.1) is 0 Å². The summed E-state index contributed by atoms with van der Waals surface area (Å²) in [5.74, 6) is -1.29. The SMILES string of the molecule is CCCCCCCCCCC(=O)N(C(=O)O)c1c(C)cc(N)cc1OCCCC(=O)O. The molecular weight excluding hydrogens is 400 g/mol. The highest BCUT2D eigenvalue weighted by atomic mass is 16.5. The molecule has 0 saturated carbocycles. The van der Waals surface area contributed by atoms with Crippen LogP contribution in [0.4, 0.5) is 16.2 Å². The molecule has 1 rings (SSSR count). The molecule has 0 aliphatic heterocycles. The summed E-state index contributed by atoms with van der Waals surface area (Å²) < 4.78 is 5.62. The molecule has 0 unspecified atom stereocenters. The zero-order valence-corrected chi connectivity index (χ0v) is 18.7. The summed E-state index contributed by atoms with van der Waals surface area (Å²) in [7, 11) is 0. The molecular formula is C23H36N2O6. The van der Waals surface area contributed by atoms with Crippen LogP contribution in [0.25, 0.3) is 0 Å². The van der Waals surface area contributed by atoms with Crippen LogP contribution in [0.2, 0.25) is 0 Å². The lowest BCUT2D eigenvalue weighted by atomic mass is 10.1. The lowest BCUT2D eigenvalue weighted by molar-refractivity contribution is -0.137. The fraction of sp³-hybridized carbons (Fsp3) is 0.609. The van der Waals surface area contributed by atoms with E-state index in [1.54, 1.807) is 13.0 Å². The van der Waals surface area contributed by atoms with Crippen LogP contribution < -0.4 is 15.4 Å². The Balaban J connectivity index is 2.78. The second-order valence-corrected chi connectivity index (χ2v) is 7.77. The van der Waals surface area contributed by atoms with Crippen molar-refractivity contribution < 1.29 is 29.3 Å². The summed E-state index contributed by atoms with van der Waals surface area (Å²) in [6.07, 6.45) is 7.46. The Hall–Kier alpha value is -2.77. The fourth-order valence-corrected chi connectivity index (χ4v) is 3.43. The van der Waals surface area contributed by atoms with Crippen LogP contribution in [0.5, 0.6) is 5.75 Å². The Morgan fingerprint density at radius 1 is 0.935 bits per heavy atom. The maximum atomic E-state index is 12.7. The summed E-state index contributed by atoms with van der Waals surface area (Å²) in [5, 5.41) is 18.5. The number of aryl methyl sites for hydroxylation is 1. The molecule has 0 bridgehead atoms. The number of hydrogen-bond donors (Lipinski definition) is 3. The van der Waals surface area contributed by atoms with Crippen molar-refractivity contribution in [2.75, 3.05) is 17.2 Å². The monoisotopic (exact) mass is 436 g/mol. The lowest BCUT2D eigenvalue weighted by Gasteiger charge is -2.23. The number of hydrogen-bond acceptors (Lipinski definition) is 5. The first-order valence-corrected chi connectivity index (χ1v) is 11.1. The van der Waals surface area contributed by atoms with Crippen molar-refractivity contribution in [2.45, 2.75) is 84.5 Å². The predicted octanol–water partition coefficient (Wildman–Crippen LogP) is 5.36. The highest BCUT2D eigenvalue weighted by molar-refractivity contribution is 6.13. The van der Waals surface area contributed by atoms with Gasteiger partial charge < -0.3 is 20.7 Å². The van der Waals surface area contributed by atoms with Gasteiger partial charge >= 0.3 is 12.1 Å². The van der Waals surface area contributed by atoms with E-state index in [-0.39, 0.29) is 37.3 Å². The third-order valence-electron chi connectivity index (χ3n) is 4.99. The number of amides is 2. The largest absolute Gasteiger partial charge is 0.491 e. The highest BCUT2D eigenvalue weighted by Crippen LogP contribution is 2.35. The van der Waals surface area contributed by atoms with Crippen LogP contribution in [0, 0.1) is 6.92 Å². The first-order chi connectivity index (χ1) is 14.8. The van der Waals surface area contributed by atoms with Crippen molar-refractivity contribution in [2.24, 2.45) is 0 Å². The average molecular weight is 437 g/mol. The molecule has 0 aliphatic carbocycles. The summed E-state index contributed by atoms with van der Waals surface area (Å²) in [5.41, 5.74) is 6.88. The van der Waals surface area contributed by atoms with Gasteiger partial charge in [0.25, 0.3) is 0 Å². The number of carboxylic acid groups (broad SMARTS) is 2. The van der Waals surface area contributed by atoms with E-state index in [1.165, 1.54) is 31.7 Å². The Kier molecular flexibility index (Phi) is 12.1. The number of unbranched alkanes of at least 4 members (excludes halogenated alkanes) is 7. The maximum Gasteiger partial charge on any atom is 0.418 e. The van der Waals surface area contributed by atoms with E-state index in [9.17, 15) is 19.5 Å². The van der Waals surface area contributed by atoms with Crippen molar-refractivity contribution in [1.82, 2.24) is 0 Å². The van der Waals surface area contributed by atoms with Gasteiger partial charge in [0.05, 0.1) is 6.61 Å². The number of aliphatic carboxylic acids is 1. The molecule has 8 heteroatoms. The van der Waals surface area contributed by atoms with Gasteiger partial charge in [0.15, 0.2) is 0 Å². The minimum Gasteiger partial charge on any atom is -0.491 e. The van der Waals surface area contributed by atoms with E-state index in [2.05, 4.69) is 6.92 Å². The summed E-state index contributed by atoms with van der Waals surface area (Å²) >= 11 is 0. The van der Waals surface area contributed by atoms with Gasteiger partial charge in [-0.05, 0) is 31.4 Å². The molecule has 0 atom stereocenters. The van der Waals surface area contributed by atoms with Gasteiger partial charge in [-0.2, -0.15) is 0 Å². The molecule has 0 fully saturated rings. The number of benzene rings is 1. The fourth-order valence-electron chi connectivity index (χ4n) is 3.43. The molecule has 2 amide bonds. The lowest BCUT2D eigenvalue weighted by Crippen LogP contribution is -2.36. The molecule has 0 saturated heterocycles. The van der Waals surface area contributed by atoms with Crippen LogP contribution >= 0.6 is 0 Å². The van der Waals surface area contributed by atoms with Gasteiger partial charge in [0.1, 0.15) is 11.4 Å².